The zero-order valence-electron chi connectivity index (χ0n) is 16.0. The van der Waals surface area contributed by atoms with Crippen LogP contribution in [0, 0.1) is 0 Å². The van der Waals surface area contributed by atoms with Gasteiger partial charge >= 0.3 is 0 Å². The lowest BCUT2D eigenvalue weighted by atomic mass is 10.0. The van der Waals surface area contributed by atoms with Crippen LogP contribution in [0.15, 0.2) is 48.5 Å². The van der Waals surface area contributed by atoms with E-state index in [2.05, 4.69) is 17.6 Å². The number of hydrogen-bond acceptors (Lipinski definition) is 4. The highest BCUT2D eigenvalue weighted by molar-refractivity contribution is 6.30. The van der Waals surface area contributed by atoms with Crippen molar-refractivity contribution in [2.24, 2.45) is 0 Å². The zero-order chi connectivity index (χ0) is 19.6. The Labute approximate surface area is 166 Å². The fourth-order valence-corrected chi connectivity index (χ4v) is 2.91. The Morgan fingerprint density at radius 2 is 1.85 bits per heavy atom. The minimum absolute atomic E-state index is 0.0227. The monoisotopic (exact) mass is 390 g/mol. The molecule has 0 aliphatic rings. The predicted molar refractivity (Wildman–Crippen MR) is 108 cm³/mol. The second-order valence-corrected chi connectivity index (χ2v) is 6.81. The highest BCUT2D eigenvalue weighted by Gasteiger charge is 2.12. The molecule has 0 radical (unpaired) electrons. The average molecular weight is 391 g/mol. The van der Waals surface area contributed by atoms with E-state index in [4.69, 9.17) is 21.1 Å². The van der Waals surface area contributed by atoms with Crippen LogP contribution < -0.4 is 15.4 Å². The summed E-state index contributed by atoms with van der Waals surface area (Å²) in [7, 11) is 3.29. The van der Waals surface area contributed by atoms with Gasteiger partial charge in [0.25, 0.3) is 5.91 Å². The first-order valence-electron chi connectivity index (χ1n) is 8.95. The van der Waals surface area contributed by atoms with E-state index < -0.39 is 0 Å². The van der Waals surface area contributed by atoms with Crippen molar-refractivity contribution in [3.05, 3.63) is 64.7 Å². The molecule has 5 nitrogen and oxygen atoms in total. The minimum atomic E-state index is -0.149. The lowest BCUT2D eigenvalue weighted by Gasteiger charge is -2.19. The molecule has 146 valence electrons. The molecule has 0 heterocycles. The summed E-state index contributed by atoms with van der Waals surface area (Å²) in [6.45, 7) is 3.71. The molecule has 1 amide bonds. The number of carbonyl (C=O) groups is 1. The summed E-state index contributed by atoms with van der Waals surface area (Å²) in [5.41, 5.74) is 2.26. The van der Waals surface area contributed by atoms with Gasteiger partial charge in [0.05, 0.1) is 6.10 Å². The SMILES string of the molecule is CNC(=O)COc1ccc(C(C)CNCC(OC)c2cccc(Cl)c2)cc1. The highest BCUT2D eigenvalue weighted by Crippen LogP contribution is 2.21. The number of ether oxygens (including phenoxy) is 2. The largest absolute Gasteiger partial charge is 0.484 e. The summed E-state index contributed by atoms with van der Waals surface area (Å²) in [5.74, 6) is 0.863. The third kappa shape index (κ3) is 6.86. The van der Waals surface area contributed by atoms with Crippen molar-refractivity contribution in [1.29, 1.82) is 0 Å². The van der Waals surface area contributed by atoms with Gasteiger partial charge in [-0.15, -0.1) is 0 Å². The lowest BCUT2D eigenvalue weighted by molar-refractivity contribution is -0.122. The quantitative estimate of drug-likeness (QED) is 0.651. The van der Waals surface area contributed by atoms with Crippen molar-refractivity contribution < 1.29 is 14.3 Å². The van der Waals surface area contributed by atoms with Gasteiger partial charge in [-0.3, -0.25) is 4.79 Å². The molecule has 0 aliphatic heterocycles. The molecule has 27 heavy (non-hydrogen) atoms. The minimum Gasteiger partial charge on any atom is -0.484 e. The molecule has 0 bridgehead atoms. The molecule has 2 unspecified atom stereocenters. The van der Waals surface area contributed by atoms with Crippen molar-refractivity contribution in [3.63, 3.8) is 0 Å². The molecule has 2 aromatic rings. The Bertz CT molecular complexity index is 722. The van der Waals surface area contributed by atoms with Gasteiger partial charge in [0.15, 0.2) is 6.61 Å². The number of nitrogens with one attached hydrogen (secondary N) is 2. The molecular weight excluding hydrogens is 364 g/mol. The fourth-order valence-electron chi connectivity index (χ4n) is 2.71. The Kier molecular flexibility index (Phi) is 8.58. The van der Waals surface area contributed by atoms with Crippen molar-refractivity contribution >= 4 is 17.5 Å². The van der Waals surface area contributed by atoms with Crippen LogP contribution in [-0.4, -0.2) is 39.8 Å². The number of carbonyl (C=O) groups excluding carboxylic acids is 1. The van der Waals surface area contributed by atoms with Crippen molar-refractivity contribution in [2.75, 3.05) is 33.9 Å². The van der Waals surface area contributed by atoms with Crippen molar-refractivity contribution in [2.45, 2.75) is 18.9 Å². The van der Waals surface area contributed by atoms with Crippen molar-refractivity contribution in [3.8, 4) is 5.75 Å². The maximum absolute atomic E-state index is 11.2. The normalized spacial score (nSPS) is 13.0. The van der Waals surface area contributed by atoms with Crippen LogP contribution in [0.2, 0.25) is 5.02 Å². The van der Waals surface area contributed by atoms with Crippen LogP contribution in [0.3, 0.4) is 0 Å². The number of amides is 1. The fraction of sp³-hybridized carbons (Fsp3) is 0.381. The third-order valence-corrected chi connectivity index (χ3v) is 4.62. The number of likely N-dealkylation sites (N-methyl/N-ethyl adjacent to an activating group) is 1. The van der Waals surface area contributed by atoms with Crippen LogP contribution >= 0.6 is 11.6 Å². The van der Waals surface area contributed by atoms with Gasteiger partial charge in [0.2, 0.25) is 0 Å². The Hall–Kier alpha value is -2.08. The maximum Gasteiger partial charge on any atom is 0.257 e. The molecule has 0 fully saturated rings. The second kappa shape index (κ2) is 10.9. The summed E-state index contributed by atoms with van der Waals surface area (Å²) < 4.78 is 11.0. The van der Waals surface area contributed by atoms with Crippen LogP contribution in [0.5, 0.6) is 5.75 Å². The number of benzene rings is 2. The highest BCUT2D eigenvalue weighted by atomic mass is 35.5. The Morgan fingerprint density at radius 1 is 1.11 bits per heavy atom. The first-order chi connectivity index (χ1) is 13.0. The first kappa shape index (κ1) is 21.2. The number of methoxy groups -OCH3 is 1. The number of halogens is 1. The molecule has 0 saturated heterocycles. The predicted octanol–water partition coefficient (Wildman–Crippen LogP) is 3.55. The smallest absolute Gasteiger partial charge is 0.257 e. The maximum atomic E-state index is 11.2. The molecule has 0 saturated carbocycles. The first-order valence-corrected chi connectivity index (χ1v) is 9.33. The topological polar surface area (TPSA) is 59.6 Å². The Balaban J connectivity index is 1.82. The van der Waals surface area contributed by atoms with Crippen LogP contribution in [0.4, 0.5) is 0 Å². The molecule has 2 aromatic carbocycles. The molecule has 2 rings (SSSR count). The van der Waals surface area contributed by atoms with E-state index in [1.165, 1.54) is 5.56 Å². The van der Waals surface area contributed by atoms with E-state index in [9.17, 15) is 4.79 Å². The molecule has 6 heteroatoms. The van der Waals surface area contributed by atoms with Gasteiger partial charge in [-0.05, 0) is 41.3 Å². The molecular formula is C21H27ClN2O3. The van der Waals surface area contributed by atoms with Gasteiger partial charge in [0, 0.05) is 32.3 Å². The van der Waals surface area contributed by atoms with E-state index >= 15 is 0 Å². The lowest BCUT2D eigenvalue weighted by Crippen LogP contribution is -2.26. The third-order valence-electron chi connectivity index (χ3n) is 4.38. The van der Waals surface area contributed by atoms with Gasteiger partial charge in [0.1, 0.15) is 5.75 Å². The standard InChI is InChI=1S/C21H27ClN2O3/c1-15(16-7-9-19(10-8-16)27-14-21(25)23-2)12-24-13-20(26-3)17-5-4-6-18(22)11-17/h4-11,15,20,24H,12-14H2,1-3H3,(H,23,25). The molecule has 2 atom stereocenters. The molecule has 0 spiro atoms. The van der Waals surface area contributed by atoms with Crippen LogP contribution in [0.1, 0.15) is 30.1 Å². The summed E-state index contributed by atoms with van der Waals surface area (Å²) >= 11 is 6.06. The second-order valence-electron chi connectivity index (χ2n) is 6.37. The molecule has 0 aliphatic carbocycles. The summed E-state index contributed by atoms with van der Waals surface area (Å²) in [6, 6.07) is 15.6. The summed E-state index contributed by atoms with van der Waals surface area (Å²) in [6.07, 6.45) is -0.0450. The summed E-state index contributed by atoms with van der Waals surface area (Å²) in [4.78, 5) is 11.2. The van der Waals surface area contributed by atoms with E-state index in [0.717, 1.165) is 12.1 Å². The van der Waals surface area contributed by atoms with Gasteiger partial charge < -0.3 is 20.1 Å². The summed E-state index contributed by atoms with van der Waals surface area (Å²) in [5, 5.41) is 6.70. The van der Waals surface area contributed by atoms with E-state index in [1.54, 1.807) is 14.2 Å². The molecule has 0 aromatic heterocycles. The Morgan fingerprint density at radius 3 is 2.48 bits per heavy atom. The zero-order valence-corrected chi connectivity index (χ0v) is 16.8. The van der Waals surface area contributed by atoms with Crippen molar-refractivity contribution in [1.82, 2.24) is 10.6 Å². The van der Waals surface area contributed by atoms with E-state index in [1.807, 2.05) is 48.5 Å². The molecule has 2 N–H and O–H groups in total. The van der Waals surface area contributed by atoms with Gasteiger partial charge in [-0.1, -0.05) is 42.8 Å². The van der Waals surface area contributed by atoms with Crippen LogP contribution in [-0.2, 0) is 9.53 Å². The van der Waals surface area contributed by atoms with E-state index in [-0.39, 0.29) is 18.6 Å². The van der Waals surface area contributed by atoms with Crippen LogP contribution in [0.25, 0.3) is 0 Å². The van der Waals surface area contributed by atoms with Gasteiger partial charge in [-0.2, -0.15) is 0 Å². The number of rotatable bonds is 10. The average Bonchev–Trinajstić information content (AvgIpc) is 2.69. The number of hydrogen-bond donors (Lipinski definition) is 2. The van der Waals surface area contributed by atoms with E-state index in [0.29, 0.717) is 23.2 Å². The van der Waals surface area contributed by atoms with Gasteiger partial charge in [-0.25, -0.2) is 0 Å².